The van der Waals surface area contributed by atoms with Gasteiger partial charge >= 0.3 is 5.97 Å². The lowest BCUT2D eigenvalue weighted by Gasteiger charge is -2.27. The maximum atomic E-state index is 12.4. The highest BCUT2D eigenvalue weighted by Gasteiger charge is 2.24. The van der Waals surface area contributed by atoms with Crippen molar-refractivity contribution >= 4 is 46.0 Å². The number of anilines is 3. The van der Waals surface area contributed by atoms with Crippen LogP contribution in [0.25, 0.3) is 11.0 Å². The molecule has 2 saturated carbocycles. The number of fused-ring (bicyclic) bond motifs is 1. The molecular formula is C53H72N6O6. The molecule has 0 unspecified atom stereocenters. The molecule has 2 amide bonds. The molecule has 0 saturated heterocycles. The zero-order valence-corrected chi connectivity index (χ0v) is 40.4. The Morgan fingerprint density at radius 3 is 1.71 bits per heavy atom. The number of pyridine rings is 2. The van der Waals surface area contributed by atoms with Gasteiger partial charge in [0.15, 0.2) is 0 Å². The fourth-order valence-electron chi connectivity index (χ4n) is 7.14. The number of hydrogen-bond acceptors (Lipinski definition) is 9. The molecule has 65 heavy (non-hydrogen) atoms. The highest BCUT2D eigenvalue weighted by Crippen LogP contribution is 2.32. The second kappa shape index (κ2) is 23.3. The molecule has 2 aliphatic carbocycles. The number of carbonyl (C=O) groups excluding carboxylic acids is 3. The quantitative estimate of drug-likeness (QED) is 0.0874. The number of nitrogens with zero attached hydrogens (tertiary/aromatic N) is 3. The van der Waals surface area contributed by atoms with Crippen molar-refractivity contribution in [3.63, 3.8) is 0 Å². The van der Waals surface area contributed by atoms with Crippen molar-refractivity contribution in [2.45, 2.75) is 120 Å². The topological polar surface area (TPSA) is 146 Å². The highest BCUT2D eigenvalue weighted by molar-refractivity contribution is 5.96. The average molecular weight is 889 g/mol. The lowest BCUT2D eigenvalue weighted by Crippen LogP contribution is -2.27. The van der Waals surface area contributed by atoms with E-state index in [1.54, 1.807) is 12.4 Å². The Kier molecular flexibility index (Phi) is 18.0. The summed E-state index contributed by atoms with van der Waals surface area (Å²) in [6.45, 7) is 20.7. The third-order valence-corrected chi connectivity index (χ3v) is 11.7. The van der Waals surface area contributed by atoms with Crippen molar-refractivity contribution in [3.8, 4) is 11.5 Å². The molecule has 12 nitrogen and oxygen atoms in total. The molecule has 2 fully saturated rings. The van der Waals surface area contributed by atoms with E-state index in [0.29, 0.717) is 19.6 Å². The first-order chi connectivity index (χ1) is 30.9. The number of aryl methyl sites for hydroxylation is 1. The summed E-state index contributed by atoms with van der Waals surface area (Å²) in [4.78, 5) is 44.4. The molecule has 7 rings (SSSR count). The van der Waals surface area contributed by atoms with Gasteiger partial charge < -0.3 is 34.7 Å². The molecule has 3 aromatic heterocycles. The molecule has 5 aromatic rings. The van der Waals surface area contributed by atoms with Crippen molar-refractivity contribution in [2.24, 2.45) is 22.7 Å². The minimum atomic E-state index is -0.441. The second-order valence-corrected chi connectivity index (χ2v) is 19.2. The number of methoxy groups -OCH3 is 1. The van der Waals surface area contributed by atoms with E-state index in [-0.39, 0.29) is 17.8 Å². The number of esters is 1. The summed E-state index contributed by atoms with van der Waals surface area (Å²) in [5, 5.41) is 10.4. The van der Waals surface area contributed by atoms with Crippen LogP contribution in [0.5, 0.6) is 11.5 Å². The van der Waals surface area contributed by atoms with Crippen LogP contribution >= 0.6 is 0 Å². The largest absolute Gasteiger partial charge is 0.494 e. The van der Waals surface area contributed by atoms with E-state index in [4.69, 9.17) is 14.5 Å². The van der Waals surface area contributed by atoms with E-state index in [2.05, 4.69) is 48.4 Å². The van der Waals surface area contributed by atoms with E-state index < -0.39 is 10.8 Å². The maximum Gasteiger partial charge on any atom is 0.309 e. The summed E-state index contributed by atoms with van der Waals surface area (Å²) in [7, 11) is 1.39. The van der Waals surface area contributed by atoms with Crippen molar-refractivity contribution in [1.82, 2.24) is 14.5 Å². The van der Waals surface area contributed by atoms with Crippen LogP contribution in [-0.4, -0.2) is 59.2 Å². The van der Waals surface area contributed by atoms with Gasteiger partial charge in [0.25, 0.3) is 0 Å². The first-order valence-corrected chi connectivity index (χ1v) is 23.3. The van der Waals surface area contributed by atoms with E-state index >= 15 is 0 Å². The molecule has 2 aromatic carbocycles. The minimum absolute atomic E-state index is 0.00263. The molecule has 0 aliphatic heterocycles. The van der Waals surface area contributed by atoms with E-state index in [1.165, 1.54) is 56.9 Å². The maximum absolute atomic E-state index is 12.4. The smallest absolute Gasteiger partial charge is 0.309 e. The third-order valence-electron chi connectivity index (χ3n) is 11.7. The van der Waals surface area contributed by atoms with Gasteiger partial charge in [-0.15, -0.1) is 0 Å². The summed E-state index contributed by atoms with van der Waals surface area (Å²) in [6.07, 6.45) is 12.6. The summed E-state index contributed by atoms with van der Waals surface area (Å²) in [6, 6.07) is 22.0. The number of amides is 2. The van der Waals surface area contributed by atoms with Gasteiger partial charge in [-0.3, -0.25) is 14.4 Å². The molecular weight excluding hydrogens is 817 g/mol. The van der Waals surface area contributed by atoms with Gasteiger partial charge in [0.2, 0.25) is 11.8 Å². The Hall–Kier alpha value is -5.91. The normalized spacial score (nSPS) is 13.8. The average Bonchev–Trinajstić information content (AvgIpc) is 3.56. The Bertz CT molecular complexity index is 2320. The molecule has 350 valence electrons. The van der Waals surface area contributed by atoms with E-state index in [0.717, 1.165) is 82.2 Å². The number of hydrogen-bond donors (Lipinski definition) is 3. The zero-order chi connectivity index (χ0) is 47.1. The van der Waals surface area contributed by atoms with Crippen LogP contribution < -0.4 is 25.4 Å². The van der Waals surface area contributed by atoms with Gasteiger partial charge in [-0.05, 0) is 117 Å². The van der Waals surface area contributed by atoms with Gasteiger partial charge in [-0.2, -0.15) is 0 Å². The van der Waals surface area contributed by atoms with Gasteiger partial charge in [-0.1, -0.05) is 78.6 Å². The number of rotatable bonds is 15. The van der Waals surface area contributed by atoms with Crippen molar-refractivity contribution in [2.75, 3.05) is 42.8 Å². The van der Waals surface area contributed by atoms with E-state index in [9.17, 15) is 14.4 Å². The van der Waals surface area contributed by atoms with Gasteiger partial charge in [0.1, 0.15) is 23.0 Å². The van der Waals surface area contributed by atoms with Crippen LogP contribution in [0.15, 0.2) is 79.1 Å². The monoisotopic (exact) mass is 889 g/mol. The predicted molar refractivity (Wildman–Crippen MR) is 262 cm³/mol. The summed E-state index contributed by atoms with van der Waals surface area (Å²) >= 11 is 0. The Morgan fingerprint density at radius 1 is 0.708 bits per heavy atom. The molecule has 2 aliphatic rings. The van der Waals surface area contributed by atoms with E-state index in [1.807, 2.05) is 111 Å². The molecule has 0 spiro atoms. The molecule has 0 radical (unpaired) electrons. The van der Waals surface area contributed by atoms with Gasteiger partial charge in [0.05, 0.1) is 50.5 Å². The summed E-state index contributed by atoms with van der Waals surface area (Å²) < 4.78 is 17.8. The first kappa shape index (κ1) is 50.1. The third kappa shape index (κ3) is 15.4. The molecule has 3 N–H and O–H groups in total. The molecule has 0 bridgehead atoms. The molecule has 12 heteroatoms. The van der Waals surface area contributed by atoms with Crippen LogP contribution in [0.2, 0.25) is 0 Å². The SMILES string of the molecule is CCOc1ccc(CC(=O)OC)cc1.CCOc1ccc(Cc2cc3cc(NC(=O)C(C)(C)C)cnc3n2CC2CCC2)cc1.Cc1cc(NC(=O)C(C)(C)C)cnc1NCC1CCC1. The fraction of sp³-hybridized carbons (Fsp3) is 0.491. The number of ether oxygens (including phenoxy) is 3. The summed E-state index contributed by atoms with van der Waals surface area (Å²) in [5.41, 5.74) is 6.19. The van der Waals surface area contributed by atoms with Crippen LogP contribution in [0.4, 0.5) is 17.2 Å². The number of benzene rings is 2. The number of aromatic nitrogens is 3. The van der Waals surface area contributed by atoms with Crippen LogP contribution in [0.3, 0.4) is 0 Å². The summed E-state index contributed by atoms with van der Waals surface area (Å²) in [5.74, 6) is 3.96. The minimum Gasteiger partial charge on any atom is -0.494 e. The van der Waals surface area contributed by atoms with Gasteiger partial charge in [0, 0.05) is 41.4 Å². The Morgan fingerprint density at radius 2 is 1.23 bits per heavy atom. The lowest BCUT2D eigenvalue weighted by molar-refractivity contribution is -0.139. The Balaban J connectivity index is 0.000000200. The number of carbonyl (C=O) groups is 3. The fourth-order valence-corrected chi connectivity index (χ4v) is 7.14. The standard InChI is InChI=1S/C26H33N3O2.C16H25N3O.C11H14O3/c1-5-31-23-11-9-18(10-12-23)13-22-15-20-14-21(28-25(30)26(2,3)4)16-27-24(20)29(22)17-19-7-6-8-19;1-11-8-13(19-15(20)16(2,3)4)10-18-14(11)17-9-12-6-5-7-12;1-3-14-10-6-4-9(5-7-10)8-11(12)13-2/h9-12,14-16,19H,5-8,13,17H2,1-4H3,(H,28,30);8,10,12H,5-7,9H2,1-4H3,(H,17,18)(H,19,20);4-7H,3,8H2,1-2H3. The van der Waals surface area contributed by atoms with Crippen molar-refractivity contribution in [1.29, 1.82) is 0 Å². The van der Waals surface area contributed by atoms with Gasteiger partial charge in [-0.25, -0.2) is 9.97 Å². The van der Waals surface area contributed by atoms with Crippen molar-refractivity contribution < 1.29 is 28.6 Å². The molecule has 0 atom stereocenters. The Labute approximate surface area is 386 Å². The second-order valence-electron chi connectivity index (χ2n) is 19.2. The number of nitrogens with one attached hydrogen (secondary N) is 3. The van der Waals surface area contributed by atoms with Crippen LogP contribution in [-0.2, 0) is 38.5 Å². The van der Waals surface area contributed by atoms with Crippen LogP contribution in [0.1, 0.15) is 116 Å². The first-order valence-electron chi connectivity index (χ1n) is 23.3. The van der Waals surface area contributed by atoms with Crippen molar-refractivity contribution in [3.05, 3.63) is 102 Å². The predicted octanol–water partition coefficient (Wildman–Crippen LogP) is 11.2. The zero-order valence-electron chi connectivity index (χ0n) is 40.4. The highest BCUT2D eigenvalue weighted by atomic mass is 16.5. The molecule has 3 heterocycles. The van der Waals surface area contributed by atoms with Crippen LogP contribution in [0, 0.1) is 29.6 Å². The lowest BCUT2D eigenvalue weighted by atomic mass is 9.85.